The lowest BCUT2D eigenvalue weighted by atomic mass is 10.1. The van der Waals surface area contributed by atoms with Crippen molar-refractivity contribution in [3.63, 3.8) is 0 Å². The summed E-state index contributed by atoms with van der Waals surface area (Å²) in [5.74, 6) is 0.940. The van der Waals surface area contributed by atoms with Crippen LogP contribution in [0.1, 0.15) is 30.0 Å². The first-order chi connectivity index (χ1) is 16.0. The van der Waals surface area contributed by atoms with Gasteiger partial charge >= 0.3 is 0 Å². The fourth-order valence-corrected chi connectivity index (χ4v) is 3.45. The fourth-order valence-electron chi connectivity index (χ4n) is 2.94. The van der Waals surface area contributed by atoms with Gasteiger partial charge in [-0.15, -0.1) is 0 Å². The normalized spacial score (nSPS) is 10.9. The first kappa shape index (κ1) is 24.1. The van der Waals surface area contributed by atoms with E-state index in [4.69, 9.17) is 9.47 Å². The summed E-state index contributed by atoms with van der Waals surface area (Å²) in [5, 5.41) is 12.2. The summed E-state index contributed by atoms with van der Waals surface area (Å²) in [5.41, 5.74) is 3.59. The van der Waals surface area contributed by atoms with Crippen molar-refractivity contribution in [2.45, 2.75) is 26.9 Å². The van der Waals surface area contributed by atoms with Crippen LogP contribution < -0.4 is 14.8 Å². The molecule has 0 bridgehead atoms. The van der Waals surface area contributed by atoms with E-state index in [1.54, 1.807) is 36.4 Å². The van der Waals surface area contributed by atoms with Gasteiger partial charge in [0.05, 0.1) is 11.1 Å². The molecule has 0 saturated heterocycles. The number of halogens is 1. The zero-order chi connectivity index (χ0) is 23.6. The minimum atomic E-state index is -0.478. The second kappa shape index (κ2) is 11.9. The highest BCUT2D eigenvalue weighted by molar-refractivity contribution is 9.10. The van der Waals surface area contributed by atoms with Crippen molar-refractivity contribution in [2.24, 2.45) is 0 Å². The van der Waals surface area contributed by atoms with Gasteiger partial charge in [-0.25, -0.2) is 0 Å². The summed E-state index contributed by atoms with van der Waals surface area (Å²) in [6.07, 6.45) is 2.45. The number of carbonyl (C=O) groups excluding carboxylic acids is 1. The van der Waals surface area contributed by atoms with Crippen molar-refractivity contribution >= 4 is 33.6 Å². The third kappa shape index (κ3) is 7.23. The number of nitrogens with one attached hydrogen (secondary N) is 1. The van der Waals surface area contributed by atoms with Crippen LogP contribution in [0, 0.1) is 18.3 Å². The summed E-state index contributed by atoms with van der Waals surface area (Å²) in [6, 6.07) is 22.6. The molecule has 0 spiro atoms. The van der Waals surface area contributed by atoms with Crippen molar-refractivity contribution in [1.82, 2.24) is 0 Å². The molecule has 0 atom stereocenters. The van der Waals surface area contributed by atoms with E-state index in [0.29, 0.717) is 24.7 Å². The summed E-state index contributed by atoms with van der Waals surface area (Å²) < 4.78 is 12.2. The molecule has 3 aromatic carbocycles. The molecule has 0 fully saturated rings. The van der Waals surface area contributed by atoms with Crippen molar-refractivity contribution in [1.29, 1.82) is 5.26 Å². The quantitative estimate of drug-likeness (QED) is 0.260. The standard InChI is InChI=1S/C27H25BrN2O3/c1-3-14-32-26-13-8-21(16-25(26)28)15-22(17-29)27(31)30-23-9-11-24(12-10-23)33-18-20-6-4-19(2)5-7-20/h4-13,15-16H,3,14,18H2,1-2H3,(H,30,31)/b22-15+. The second-order valence-electron chi connectivity index (χ2n) is 7.46. The van der Waals surface area contributed by atoms with E-state index < -0.39 is 5.91 Å². The van der Waals surface area contributed by atoms with Crippen LogP contribution in [-0.2, 0) is 11.4 Å². The van der Waals surface area contributed by atoms with Gasteiger partial charge in [0.2, 0.25) is 0 Å². The molecule has 0 saturated carbocycles. The lowest BCUT2D eigenvalue weighted by Crippen LogP contribution is -2.13. The van der Waals surface area contributed by atoms with Crippen LogP contribution in [0.25, 0.3) is 6.08 Å². The molecule has 0 radical (unpaired) electrons. The van der Waals surface area contributed by atoms with Gasteiger partial charge in [0, 0.05) is 5.69 Å². The molecule has 6 heteroatoms. The Balaban J connectivity index is 1.61. The Morgan fingerprint density at radius 3 is 2.42 bits per heavy atom. The van der Waals surface area contributed by atoms with E-state index in [1.165, 1.54) is 5.56 Å². The minimum Gasteiger partial charge on any atom is -0.492 e. The maximum Gasteiger partial charge on any atom is 0.266 e. The number of hydrogen-bond acceptors (Lipinski definition) is 4. The topological polar surface area (TPSA) is 71.3 Å². The van der Waals surface area contributed by atoms with Gasteiger partial charge in [-0.3, -0.25) is 4.79 Å². The fraction of sp³-hybridized carbons (Fsp3) is 0.185. The first-order valence-electron chi connectivity index (χ1n) is 10.6. The van der Waals surface area contributed by atoms with E-state index in [1.807, 2.05) is 56.3 Å². The SMILES string of the molecule is CCCOc1ccc(/C=C(\C#N)C(=O)Nc2ccc(OCc3ccc(C)cc3)cc2)cc1Br. The Kier molecular flexibility index (Phi) is 8.68. The average Bonchev–Trinajstić information content (AvgIpc) is 2.82. The molecule has 3 aromatic rings. The monoisotopic (exact) mass is 504 g/mol. The third-order valence-electron chi connectivity index (χ3n) is 4.73. The summed E-state index contributed by atoms with van der Waals surface area (Å²) in [6.45, 7) is 5.16. The van der Waals surface area contributed by atoms with Crippen LogP contribution in [0.15, 0.2) is 76.8 Å². The molecule has 0 aliphatic rings. The first-order valence-corrected chi connectivity index (χ1v) is 11.4. The number of benzene rings is 3. The van der Waals surface area contributed by atoms with E-state index in [-0.39, 0.29) is 5.57 Å². The highest BCUT2D eigenvalue weighted by Gasteiger charge is 2.11. The highest BCUT2D eigenvalue weighted by atomic mass is 79.9. The number of nitrogens with zero attached hydrogens (tertiary/aromatic N) is 1. The Bertz CT molecular complexity index is 1160. The van der Waals surface area contributed by atoms with E-state index in [9.17, 15) is 10.1 Å². The Morgan fingerprint density at radius 2 is 1.79 bits per heavy atom. The molecule has 0 aliphatic carbocycles. The number of nitriles is 1. The number of amides is 1. The smallest absolute Gasteiger partial charge is 0.266 e. The van der Waals surface area contributed by atoms with Gasteiger partial charge in [0.15, 0.2) is 0 Å². The van der Waals surface area contributed by atoms with Crippen molar-refractivity contribution in [3.05, 3.63) is 93.5 Å². The lowest BCUT2D eigenvalue weighted by molar-refractivity contribution is -0.112. The molecule has 1 N–H and O–H groups in total. The molecular formula is C27H25BrN2O3. The van der Waals surface area contributed by atoms with Crippen LogP contribution in [0.2, 0.25) is 0 Å². The molecule has 3 rings (SSSR count). The second-order valence-corrected chi connectivity index (χ2v) is 8.32. The molecule has 5 nitrogen and oxygen atoms in total. The van der Waals surface area contributed by atoms with Crippen LogP contribution in [0.5, 0.6) is 11.5 Å². The van der Waals surface area contributed by atoms with Gasteiger partial charge < -0.3 is 14.8 Å². The zero-order valence-electron chi connectivity index (χ0n) is 18.6. The summed E-state index contributed by atoms with van der Waals surface area (Å²) in [4.78, 5) is 12.6. The van der Waals surface area contributed by atoms with Crippen molar-refractivity contribution in [2.75, 3.05) is 11.9 Å². The highest BCUT2D eigenvalue weighted by Crippen LogP contribution is 2.27. The number of anilines is 1. The van der Waals surface area contributed by atoms with E-state index >= 15 is 0 Å². The van der Waals surface area contributed by atoms with Gasteiger partial charge in [0.1, 0.15) is 29.7 Å². The van der Waals surface area contributed by atoms with Crippen LogP contribution in [-0.4, -0.2) is 12.5 Å². The average molecular weight is 505 g/mol. The number of carbonyl (C=O) groups is 1. The number of ether oxygens (including phenoxy) is 2. The van der Waals surface area contributed by atoms with Gasteiger partial charge in [0.25, 0.3) is 5.91 Å². The maximum absolute atomic E-state index is 12.6. The molecule has 1 amide bonds. The largest absolute Gasteiger partial charge is 0.492 e. The molecule has 168 valence electrons. The molecule has 0 aliphatic heterocycles. The predicted octanol–water partition coefficient (Wildman–Crippen LogP) is 6.67. The van der Waals surface area contributed by atoms with Crippen molar-refractivity contribution in [3.8, 4) is 17.6 Å². The predicted molar refractivity (Wildman–Crippen MR) is 134 cm³/mol. The molecule has 0 heterocycles. The number of rotatable bonds is 9. The Hall–Kier alpha value is -3.56. The summed E-state index contributed by atoms with van der Waals surface area (Å²) >= 11 is 3.47. The lowest BCUT2D eigenvalue weighted by Gasteiger charge is -2.09. The Labute approximate surface area is 202 Å². The van der Waals surface area contributed by atoms with Crippen LogP contribution >= 0.6 is 15.9 Å². The Morgan fingerprint density at radius 1 is 1.06 bits per heavy atom. The van der Waals surface area contributed by atoms with Crippen molar-refractivity contribution < 1.29 is 14.3 Å². The zero-order valence-corrected chi connectivity index (χ0v) is 20.2. The maximum atomic E-state index is 12.6. The number of hydrogen-bond donors (Lipinski definition) is 1. The molecule has 0 unspecified atom stereocenters. The molecule has 33 heavy (non-hydrogen) atoms. The number of aryl methyl sites for hydroxylation is 1. The molecular weight excluding hydrogens is 480 g/mol. The van der Waals surface area contributed by atoms with Crippen LogP contribution in [0.4, 0.5) is 5.69 Å². The summed E-state index contributed by atoms with van der Waals surface area (Å²) in [7, 11) is 0. The van der Waals surface area contributed by atoms with Gasteiger partial charge in [-0.2, -0.15) is 5.26 Å². The van der Waals surface area contributed by atoms with E-state index in [0.717, 1.165) is 27.8 Å². The van der Waals surface area contributed by atoms with E-state index in [2.05, 4.69) is 21.2 Å². The molecule has 0 aromatic heterocycles. The minimum absolute atomic E-state index is 0.00354. The van der Waals surface area contributed by atoms with Gasteiger partial charge in [-0.1, -0.05) is 42.8 Å². The van der Waals surface area contributed by atoms with Crippen LogP contribution in [0.3, 0.4) is 0 Å². The van der Waals surface area contributed by atoms with Gasteiger partial charge in [-0.05, 0) is 82.9 Å². The third-order valence-corrected chi connectivity index (χ3v) is 5.35.